The van der Waals surface area contributed by atoms with Crippen LogP contribution in [0.15, 0.2) is 269 Å². The molecule has 0 amide bonds. The van der Waals surface area contributed by atoms with Crippen molar-refractivity contribution in [1.29, 1.82) is 0 Å². The summed E-state index contributed by atoms with van der Waals surface area (Å²) >= 11 is 3.56. The van der Waals surface area contributed by atoms with Crippen molar-refractivity contribution in [2.75, 3.05) is 39.6 Å². The summed E-state index contributed by atoms with van der Waals surface area (Å²) in [6.45, 7) is 14.3. The predicted octanol–water partition coefficient (Wildman–Crippen LogP) is 21.1. The van der Waals surface area contributed by atoms with E-state index in [0.717, 1.165) is 110 Å². The molecule has 0 aromatic heterocycles. The van der Waals surface area contributed by atoms with Crippen molar-refractivity contribution < 1.29 is 54.8 Å². The molecule has 0 saturated carbocycles. The first-order valence-electron chi connectivity index (χ1n) is 34.9. The predicted molar refractivity (Wildman–Crippen MR) is 410 cm³/mol. The molecule has 0 spiro atoms. The number of ether oxygens (including phenoxy) is 4. The van der Waals surface area contributed by atoms with E-state index in [1.54, 1.807) is 17.9 Å². The van der Waals surface area contributed by atoms with E-state index in [2.05, 4.69) is 291 Å². The summed E-state index contributed by atoms with van der Waals surface area (Å²) < 4.78 is 32.6. The molecule has 2 heterocycles. The Morgan fingerprint density at radius 2 is 0.857 bits per heavy atom. The zero-order valence-corrected chi connectivity index (χ0v) is 63.7. The van der Waals surface area contributed by atoms with E-state index < -0.39 is 7.26 Å². The van der Waals surface area contributed by atoms with Crippen molar-refractivity contribution in [2.24, 2.45) is 0 Å². The molecule has 0 atom stereocenters. The molecule has 4 nitrogen and oxygen atoms in total. The first-order chi connectivity index (χ1) is 48.3. The molecule has 2 aliphatic rings. The topological polar surface area (TPSA) is 36.9 Å². The Labute approximate surface area is 606 Å². The molecule has 0 unspecified atom stereocenters. The molecule has 2 aliphatic heterocycles. The molecule has 2 fully saturated rings. The molecule has 9 rings (SSSR count). The average molecular weight is 1660 g/mol. The Balaban J connectivity index is 0.925. The molecular weight excluding hydrogens is 1570 g/mol. The minimum absolute atomic E-state index is 0.544. The third-order valence-corrected chi connectivity index (χ3v) is 23.8. The average Bonchev–Trinajstić information content (AvgIpc) is 0.857. The first-order valence-corrected chi connectivity index (χ1v) is 39.2. The third kappa shape index (κ3) is 21.7. The van der Waals surface area contributed by atoms with Gasteiger partial charge in [-0.25, -0.2) is 0 Å². The summed E-state index contributed by atoms with van der Waals surface area (Å²) in [5, 5.41) is 5.04. The van der Waals surface area contributed by atoms with Crippen molar-refractivity contribution in [1.82, 2.24) is 0 Å². The first kappa shape index (κ1) is 74.1. The second-order valence-corrected chi connectivity index (χ2v) is 29.2. The summed E-state index contributed by atoms with van der Waals surface area (Å²) in [6, 6.07) is 62.8. The third-order valence-electron chi connectivity index (χ3n) is 17.4. The van der Waals surface area contributed by atoms with E-state index in [1.807, 2.05) is 43.1 Å². The van der Waals surface area contributed by atoms with Gasteiger partial charge in [0.1, 0.15) is 11.5 Å². The van der Waals surface area contributed by atoms with Gasteiger partial charge in [-0.2, -0.15) is 0 Å². The van der Waals surface area contributed by atoms with E-state index in [1.165, 1.54) is 83.7 Å². The number of hydrogen-bond donors (Lipinski definition) is 0. The zero-order chi connectivity index (χ0) is 68.4. The maximum atomic E-state index is 6.58. The summed E-state index contributed by atoms with van der Waals surface area (Å²) in [4.78, 5) is 0. The standard InChI is InChI=1S/C91H92O4P.2Os/c1-8-12-14-16-18-29-61-94-90-66-83(91(95-62-30-19-17-15-13-9-2)65-82(90)59-55-77-45-41-73(32-10-3)42-46-77)60-56-78-47-43-74(44-48-78)33-31-34-84-68-93-70-86(84)63-80(71(5)6)57-53-75-49-51-76(52-50-75)54-58-81(64-85-69-92-67-79(85)11-4)72(7)96(87-35-23-20-24-36-87,88-37-25-21-26-38-88)89-39-27-22-28-40-89;;/h10-11,20-28,31-54,57-58,63-66H,8-9,12-19,29-30,61-62,67-70H2,1-5H3;;/q+1;;/b32-10+,33-31+,57-53+,58-54+,79-11?,80-71?,81-72?,84-34?,85-64?,86-63?;;. The molecule has 0 N–H and O–H groups in total. The molecule has 7 heteroatoms. The fourth-order valence-electron chi connectivity index (χ4n) is 11.9. The van der Waals surface area contributed by atoms with Gasteiger partial charge in [0.25, 0.3) is 0 Å². The van der Waals surface area contributed by atoms with Crippen LogP contribution in [0.2, 0.25) is 0 Å². The Morgan fingerprint density at radius 3 is 1.32 bits per heavy atom. The second kappa shape index (κ2) is 40.7. The fourth-order valence-corrected chi connectivity index (χ4v) is 18.1. The van der Waals surface area contributed by atoms with Crippen molar-refractivity contribution in [2.45, 2.75) is 112 Å². The maximum absolute atomic E-state index is 6.58. The number of benzene rings is 7. The molecule has 2 saturated heterocycles. The van der Waals surface area contributed by atoms with E-state index in [4.69, 9.17) is 18.9 Å². The van der Waals surface area contributed by atoms with Crippen molar-refractivity contribution in [3.63, 3.8) is 0 Å². The van der Waals surface area contributed by atoms with E-state index in [9.17, 15) is 0 Å². The number of allylic oxidation sites excluding steroid dienone is 12. The van der Waals surface area contributed by atoms with Gasteiger partial charge in [0, 0.05) is 23.3 Å². The zero-order valence-electron chi connectivity index (χ0n) is 57.7. The minimum atomic E-state index is -2.46. The van der Waals surface area contributed by atoms with Crippen LogP contribution >= 0.6 is 7.26 Å². The SMILES string of the molecule is CC=C1COCC1=CC(/C=C/c1ccc(/C=C/C(C=C2COCC2=C/C=C/c2ccc(C#Cc3cc(OCCCCCCCC)c(C#Cc4ccc(/C=C/C)cc4)cc3OCCCCCCCC)cc2)=C(C)[C]#[Os])cc1)=C([C]#[Os])[P+](c1ccccc1)(c1ccccc1)c1ccccc1. The van der Waals surface area contributed by atoms with E-state index in [0.29, 0.717) is 39.6 Å². The van der Waals surface area contributed by atoms with Gasteiger partial charge in [0.15, 0.2) is 0 Å². The Kier molecular flexibility index (Phi) is 30.7. The van der Waals surface area contributed by atoms with Crippen LogP contribution in [0, 0.1) is 32.4 Å². The Hall–Kier alpha value is -8.16. The van der Waals surface area contributed by atoms with Crippen LogP contribution < -0.4 is 25.4 Å². The quantitative estimate of drug-likeness (QED) is 0.0203. The molecule has 0 radical (unpaired) electrons. The molecule has 0 bridgehead atoms. The van der Waals surface area contributed by atoms with Gasteiger partial charge in [-0.15, -0.1) is 0 Å². The van der Waals surface area contributed by atoms with Gasteiger partial charge in [-0.3, -0.25) is 0 Å². The fraction of sp³-hybridized carbons (Fsp3) is 0.253. The van der Waals surface area contributed by atoms with Gasteiger partial charge in [0.2, 0.25) is 0 Å². The molecule has 7 aromatic rings. The van der Waals surface area contributed by atoms with Crippen LogP contribution in [0.4, 0.5) is 0 Å². The number of unbranched alkanes of at least 4 members (excludes halogenated alkanes) is 10. The summed E-state index contributed by atoms with van der Waals surface area (Å²) in [5.41, 5.74) is 15.9. The van der Waals surface area contributed by atoms with Crippen LogP contribution in [0.25, 0.3) is 24.3 Å². The van der Waals surface area contributed by atoms with Crippen LogP contribution in [-0.4, -0.2) is 39.6 Å². The van der Waals surface area contributed by atoms with Crippen LogP contribution in [-0.2, 0) is 45.4 Å². The molecule has 98 heavy (non-hydrogen) atoms. The number of hydrogen-bond acceptors (Lipinski definition) is 4. The normalized spacial score (nSPS) is 15.4. The van der Waals surface area contributed by atoms with E-state index in [-0.39, 0.29) is 0 Å². The van der Waals surface area contributed by atoms with Crippen LogP contribution in [0.5, 0.6) is 11.5 Å². The molecule has 0 aliphatic carbocycles. The van der Waals surface area contributed by atoms with Gasteiger partial charge in [-0.05, 0) is 37.5 Å². The summed E-state index contributed by atoms with van der Waals surface area (Å²) in [5.74, 6) is 15.3. The van der Waals surface area contributed by atoms with Crippen LogP contribution in [0.1, 0.15) is 156 Å². The Bertz CT molecular complexity index is 4210. The van der Waals surface area contributed by atoms with Gasteiger partial charge < -0.3 is 9.47 Å². The molecule has 7 aromatic carbocycles. The molecule has 500 valence electrons. The number of rotatable bonds is 29. The van der Waals surface area contributed by atoms with Gasteiger partial charge >= 0.3 is 379 Å². The van der Waals surface area contributed by atoms with Crippen molar-refractivity contribution >= 4 is 47.5 Å². The Morgan fingerprint density at radius 1 is 0.449 bits per heavy atom. The van der Waals surface area contributed by atoms with E-state index >= 15 is 0 Å². The van der Waals surface area contributed by atoms with Gasteiger partial charge in [-0.1, -0.05) is 126 Å². The summed E-state index contributed by atoms with van der Waals surface area (Å²) in [7, 11) is -2.46. The summed E-state index contributed by atoms with van der Waals surface area (Å²) in [6.07, 6.45) is 40.6. The van der Waals surface area contributed by atoms with Gasteiger partial charge in [0.05, 0.1) is 24.3 Å². The monoisotopic (exact) mass is 1660 g/mol. The van der Waals surface area contributed by atoms with Crippen molar-refractivity contribution in [3.05, 3.63) is 313 Å². The van der Waals surface area contributed by atoms with Crippen molar-refractivity contribution in [3.8, 4) is 43.9 Å². The second-order valence-electron chi connectivity index (χ2n) is 24.6. The van der Waals surface area contributed by atoms with Crippen LogP contribution in [0.3, 0.4) is 0 Å². The molecular formula is C91H92O4Os2P+.